The summed E-state index contributed by atoms with van der Waals surface area (Å²) in [4.78, 5) is 14.9. The molecule has 0 spiro atoms. The van der Waals surface area contributed by atoms with Gasteiger partial charge in [0.15, 0.2) is 11.0 Å². The Balaban J connectivity index is 1.81. The Labute approximate surface area is 199 Å². The van der Waals surface area contributed by atoms with Crippen LogP contribution in [-0.2, 0) is 10.2 Å². The van der Waals surface area contributed by atoms with Crippen LogP contribution in [0.25, 0.3) is 5.69 Å². The molecule has 3 aromatic rings. The Morgan fingerprint density at radius 2 is 1.64 bits per heavy atom. The molecule has 1 amide bonds. The number of benzene rings is 2. The molecule has 0 aliphatic carbocycles. The third kappa shape index (κ3) is 6.00. The molecule has 1 N–H and O–H groups in total. The fraction of sp³-hybridized carbons (Fsp3) is 0.400. The fourth-order valence-electron chi connectivity index (χ4n) is 3.20. The van der Waals surface area contributed by atoms with Crippen molar-refractivity contribution in [3.63, 3.8) is 0 Å². The van der Waals surface area contributed by atoms with E-state index in [4.69, 9.17) is 0 Å². The lowest BCUT2D eigenvalue weighted by Crippen LogP contribution is -2.23. The summed E-state index contributed by atoms with van der Waals surface area (Å²) in [6.45, 7) is 10.3. The van der Waals surface area contributed by atoms with Crippen LogP contribution in [0.5, 0.6) is 0 Å². The van der Waals surface area contributed by atoms with Crippen molar-refractivity contribution in [2.45, 2.75) is 56.5 Å². The lowest BCUT2D eigenvalue weighted by atomic mass is 9.87. The highest BCUT2D eigenvalue weighted by atomic mass is 32.2. The molecule has 176 valence electrons. The number of hydrogen-bond acceptors (Lipinski definition) is 5. The molecule has 0 bridgehead atoms. The summed E-state index contributed by atoms with van der Waals surface area (Å²) in [7, 11) is 3.92. The Kier molecular flexibility index (Phi) is 7.59. The molecule has 0 saturated carbocycles. The van der Waals surface area contributed by atoms with Crippen LogP contribution < -0.4 is 5.32 Å². The van der Waals surface area contributed by atoms with Gasteiger partial charge in [0.05, 0.1) is 11.3 Å². The van der Waals surface area contributed by atoms with Crippen LogP contribution in [0.4, 0.5) is 10.1 Å². The van der Waals surface area contributed by atoms with Crippen LogP contribution in [0.1, 0.15) is 52.0 Å². The summed E-state index contributed by atoms with van der Waals surface area (Å²) in [6, 6.07) is 14.1. The van der Waals surface area contributed by atoms with Crippen molar-refractivity contribution < 1.29 is 9.18 Å². The number of hydrogen-bond donors (Lipinski definition) is 1. The number of thioether (sulfide) groups is 1. The van der Waals surface area contributed by atoms with Gasteiger partial charge in [0.1, 0.15) is 5.82 Å². The monoisotopic (exact) mass is 469 g/mol. The van der Waals surface area contributed by atoms with Gasteiger partial charge in [-0.1, -0.05) is 44.7 Å². The molecule has 2 unspecified atom stereocenters. The number of nitrogens with zero attached hydrogens (tertiary/aromatic N) is 4. The zero-order chi connectivity index (χ0) is 24.3. The van der Waals surface area contributed by atoms with Gasteiger partial charge in [-0.3, -0.25) is 14.3 Å². The average Bonchev–Trinajstić information content (AvgIpc) is 3.16. The average molecular weight is 470 g/mol. The summed E-state index contributed by atoms with van der Waals surface area (Å²) >= 11 is 1.32. The molecule has 6 nitrogen and oxygen atoms in total. The highest BCUT2D eigenvalue weighted by Crippen LogP contribution is 2.30. The lowest BCUT2D eigenvalue weighted by molar-refractivity contribution is -0.115. The number of carbonyl (C=O) groups is 1. The lowest BCUT2D eigenvalue weighted by Gasteiger charge is -2.21. The Bertz CT molecular complexity index is 1090. The van der Waals surface area contributed by atoms with Gasteiger partial charge in [0.2, 0.25) is 5.91 Å². The first-order chi connectivity index (χ1) is 15.5. The quantitative estimate of drug-likeness (QED) is 0.467. The van der Waals surface area contributed by atoms with Gasteiger partial charge in [0, 0.05) is 11.4 Å². The van der Waals surface area contributed by atoms with E-state index in [-0.39, 0.29) is 23.2 Å². The molecule has 0 saturated heterocycles. The molecule has 0 aliphatic rings. The van der Waals surface area contributed by atoms with Gasteiger partial charge in [0.25, 0.3) is 0 Å². The summed E-state index contributed by atoms with van der Waals surface area (Å²) in [5, 5.41) is 11.9. The molecule has 0 radical (unpaired) electrons. The highest BCUT2D eigenvalue weighted by Gasteiger charge is 2.24. The summed E-state index contributed by atoms with van der Waals surface area (Å²) in [6.07, 6.45) is 0. The molecule has 33 heavy (non-hydrogen) atoms. The standard InChI is InChI=1S/C25H32FN5OS/c1-16(30(6)7)22-28-29-24(31(22)21-14-10-19(26)11-15-21)33-17(2)23(32)27-20-12-8-18(9-13-20)25(3,4)5/h8-17H,1-7H3,(H,27,32). The second-order valence-electron chi connectivity index (χ2n) is 9.37. The van der Waals surface area contributed by atoms with Crippen molar-refractivity contribution in [2.75, 3.05) is 19.4 Å². The molecule has 3 rings (SSSR count). The molecule has 2 aromatic carbocycles. The van der Waals surface area contributed by atoms with Crippen LogP contribution >= 0.6 is 11.8 Å². The minimum Gasteiger partial charge on any atom is -0.325 e. The minimum absolute atomic E-state index is 0.0256. The van der Waals surface area contributed by atoms with E-state index >= 15 is 0 Å². The van der Waals surface area contributed by atoms with Crippen molar-refractivity contribution in [1.82, 2.24) is 19.7 Å². The van der Waals surface area contributed by atoms with Gasteiger partial charge < -0.3 is 5.32 Å². The van der Waals surface area contributed by atoms with Gasteiger partial charge in [-0.2, -0.15) is 0 Å². The topological polar surface area (TPSA) is 63.1 Å². The van der Waals surface area contributed by atoms with Crippen molar-refractivity contribution in [1.29, 1.82) is 0 Å². The Morgan fingerprint density at radius 1 is 1.03 bits per heavy atom. The SMILES string of the molecule is CC(Sc1nnc(C(C)N(C)C)n1-c1ccc(F)cc1)C(=O)Nc1ccc(C(C)(C)C)cc1. The van der Waals surface area contributed by atoms with E-state index < -0.39 is 5.25 Å². The molecular weight excluding hydrogens is 437 g/mol. The molecule has 2 atom stereocenters. The van der Waals surface area contributed by atoms with Gasteiger partial charge >= 0.3 is 0 Å². The molecule has 0 fully saturated rings. The number of aromatic nitrogens is 3. The van der Waals surface area contributed by atoms with E-state index in [1.54, 1.807) is 12.1 Å². The van der Waals surface area contributed by atoms with Crippen LogP contribution in [0.2, 0.25) is 0 Å². The zero-order valence-corrected chi connectivity index (χ0v) is 21.1. The maximum atomic E-state index is 13.5. The first kappa shape index (κ1) is 24.9. The molecule has 0 aliphatic heterocycles. The minimum atomic E-state index is -0.418. The molecule has 1 heterocycles. The first-order valence-electron chi connectivity index (χ1n) is 10.9. The molecular formula is C25H32FN5OS. The molecule has 1 aromatic heterocycles. The Hall–Kier alpha value is -2.71. The van der Waals surface area contributed by atoms with Crippen molar-refractivity contribution in [3.05, 3.63) is 65.7 Å². The van der Waals surface area contributed by atoms with Crippen molar-refractivity contribution >= 4 is 23.4 Å². The number of carbonyl (C=O) groups excluding carboxylic acids is 1. The summed E-state index contributed by atoms with van der Waals surface area (Å²) in [5.41, 5.74) is 2.76. The fourth-order valence-corrected chi connectivity index (χ4v) is 4.08. The Morgan fingerprint density at radius 3 is 2.18 bits per heavy atom. The highest BCUT2D eigenvalue weighted by molar-refractivity contribution is 8.00. The predicted octanol–water partition coefficient (Wildman–Crippen LogP) is 5.45. The number of amides is 1. The molecule has 8 heteroatoms. The number of anilines is 1. The summed E-state index contributed by atoms with van der Waals surface area (Å²) in [5.74, 6) is 0.285. The first-order valence-corrected chi connectivity index (χ1v) is 11.8. The van der Waals surface area contributed by atoms with E-state index in [1.807, 2.05) is 61.7 Å². The van der Waals surface area contributed by atoms with Gasteiger partial charge in [-0.25, -0.2) is 4.39 Å². The maximum Gasteiger partial charge on any atom is 0.237 e. The summed E-state index contributed by atoms with van der Waals surface area (Å²) < 4.78 is 15.4. The van der Waals surface area contributed by atoms with E-state index in [2.05, 4.69) is 36.3 Å². The number of rotatable bonds is 7. The normalized spacial score (nSPS) is 13.7. The van der Waals surface area contributed by atoms with E-state index in [1.165, 1.54) is 29.5 Å². The van der Waals surface area contributed by atoms with Crippen LogP contribution in [0, 0.1) is 5.82 Å². The van der Waals surface area contributed by atoms with E-state index in [0.29, 0.717) is 5.16 Å². The second-order valence-corrected chi connectivity index (χ2v) is 10.7. The van der Waals surface area contributed by atoms with Crippen LogP contribution in [0.3, 0.4) is 0 Å². The number of nitrogens with one attached hydrogen (secondary N) is 1. The van der Waals surface area contributed by atoms with Crippen LogP contribution in [-0.4, -0.2) is 44.9 Å². The van der Waals surface area contributed by atoms with Crippen molar-refractivity contribution in [3.8, 4) is 5.69 Å². The zero-order valence-electron chi connectivity index (χ0n) is 20.3. The largest absolute Gasteiger partial charge is 0.325 e. The van der Waals surface area contributed by atoms with Crippen LogP contribution in [0.15, 0.2) is 53.7 Å². The maximum absolute atomic E-state index is 13.5. The van der Waals surface area contributed by atoms with E-state index in [0.717, 1.165) is 17.2 Å². The smallest absolute Gasteiger partial charge is 0.237 e. The third-order valence-corrected chi connectivity index (χ3v) is 6.60. The second kappa shape index (κ2) is 10.1. The van der Waals surface area contributed by atoms with Gasteiger partial charge in [-0.15, -0.1) is 10.2 Å². The van der Waals surface area contributed by atoms with E-state index in [9.17, 15) is 9.18 Å². The number of halogens is 1. The van der Waals surface area contributed by atoms with Gasteiger partial charge in [-0.05, 0) is 75.3 Å². The third-order valence-electron chi connectivity index (χ3n) is 5.56. The van der Waals surface area contributed by atoms with Crippen molar-refractivity contribution in [2.24, 2.45) is 0 Å². The predicted molar refractivity (Wildman–Crippen MR) is 133 cm³/mol.